The highest BCUT2D eigenvalue weighted by atomic mass is 31.2. The second-order valence-corrected chi connectivity index (χ2v) is 10.5. The van der Waals surface area contributed by atoms with Crippen LogP contribution in [-0.2, 0) is 30.1 Å². The first-order valence-electron chi connectivity index (χ1n) is 11.7. The Labute approximate surface area is 212 Å². The summed E-state index contributed by atoms with van der Waals surface area (Å²) in [7, 11) is -4.85. The zero-order valence-corrected chi connectivity index (χ0v) is 20.7. The Hall–Kier alpha value is -1.97. The normalized spacial score (nSPS) is 27.2. The summed E-state index contributed by atoms with van der Waals surface area (Å²) in [6, 6.07) is 2.10. The Balaban J connectivity index is 1.67. The number of carbonyl (C=O) groups excluding carboxylic acids is 1. The standard InChI is InChI=1S/C21H27F6N2O8P/c22-20(23,24)12-1-6-17(36-14-2-4-15(5-3-14)37-21(25,26)27)16(9-12)19(31)28-13-7-8-29(18(30)10-13)11-35-38(32,33)34/h7-8,10,12,14-17H,1-6,9,11H2,(H,28,31)(H2,32,33,34). The van der Waals surface area contributed by atoms with Crippen molar-refractivity contribution in [3.05, 3.63) is 28.7 Å². The molecule has 0 aliphatic heterocycles. The van der Waals surface area contributed by atoms with E-state index in [1.807, 2.05) is 0 Å². The second kappa shape index (κ2) is 12.0. The number of pyridine rings is 1. The number of aromatic nitrogens is 1. The summed E-state index contributed by atoms with van der Waals surface area (Å²) in [5.74, 6) is -3.84. The molecule has 3 N–H and O–H groups in total. The Kier molecular flexibility index (Phi) is 9.69. The predicted octanol–water partition coefficient (Wildman–Crippen LogP) is 4.07. The molecule has 216 valence electrons. The molecule has 1 heterocycles. The fourth-order valence-corrected chi connectivity index (χ4v) is 4.94. The Morgan fingerprint density at radius 1 is 1.05 bits per heavy atom. The topological polar surface area (TPSA) is 136 Å². The molecule has 1 amide bonds. The fraction of sp³-hybridized carbons (Fsp3) is 0.714. The first-order valence-corrected chi connectivity index (χ1v) is 13.2. The smallest absolute Gasteiger partial charge is 0.374 e. The minimum atomic E-state index is -4.85. The van der Waals surface area contributed by atoms with Gasteiger partial charge in [-0.25, -0.2) is 4.57 Å². The van der Waals surface area contributed by atoms with Crippen molar-refractivity contribution in [3.63, 3.8) is 0 Å². The van der Waals surface area contributed by atoms with E-state index in [1.54, 1.807) is 0 Å². The minimum absolute atomic E-state index is 0.0426. The molecular weight excluding hydrogens is 553 g/mol. The van der Waals surface area contributed by atoms with Crippen LogP contribution in [0, 0.1) is 11.8 Å². The largest absolute Gasteiger partial charge is 0.522 e. The van der Waals surface area contributed by atoms with Crippen LogP contribution >= 0.6 is 7.82 Å². The van der Waals surface area contributed by atoms with Crippen molar-refractivity contribution in [2.45, 2.75) is 82.5 Å². The van der Waals surface area contributed by atoms with E-state index < -0.39 is 75.1 Å². The third-order valence-corrected chi connectivity index (χ3v) is 6.96. The van der Waals surface area contributed by atoms with E-state index in [0.29, 0.717) is 0 Å². The van der Waals surface area contributed by atoms with Crippen LogP contribution < -0.4 is 10.9 Å². The van der Waals surface area contributed by atoms with Gasteiger partial charge in [0.05, 0.1) is 30.1 Å². The zero-order chi connectivity index (χ0) is 28.3. The van der Waals surface area contributed by atoms with Gasteiger partial charge in [0.1, 0.15) is 6.73 Å². The summed E-state index contributed by atoms with van der Waals surface area (Å²) in [5, 5.41) is 2.39. The molecule has 3 rings (SSSR count). The molecule has 17 heteroatoms. The SMILES string of the molecule is O=C(Nc1ccn(COP(=O)(O)O)c(=O)c1)C1CC(C(F)(F)F)CCC1OC1CCC(OC(F)(F)F)CC1. The van der Waals surface area contributed by atoms with Crippen molar-refractivity contribution >= 4 is 19.4 Å². The zero-order valence-electron chi connectivity index (χ0n) is 19.8. The molecular formula is C21H27F6N2O8P. The van der Waals surface area contributed by atoms with Crippen molar-refractivity contribution in [2.75, 3.05) is 5.32 Å². The van der Waals surface area contributed by atoms with Gasteiger partial charge < -0.3 is 19.8 Å². The highest BCUT2D eigenvalue weighted by Gasteiger charge is 2.48. The molecule has 38 heavy (non-hydrogen) atoms. The first-order chi connectivity index (χ1) is 17.5. The van der Waals surface area contributed by atoms with Crippen LogP contribution in [0.25, 0.3) is 0 Å². The summed E-state index contributed by atoms with van der Waals surface area (Å²) in [6.07, 6.45) is -11.2. The lowest BCUT2D eigenvalue weighted by atomic mass is 9.78. The van der Waals surface area contributed by atoms with Gasteiger partial charge in [-0.05, 0) is 51.0 Å². The third kappa shape index (κ3) is 9.35. The van der Waals surface area contributed by atoms with Gasteiger partial charge in [-0.2, -0.15) is 13.2 Å². The number of halogens is 6. The lowest BCUT2D eigenvalue weighted by molar-refractivity contribution is -0.346. The fourth-order valence-electron chi connectivity index (χ4n) is 4.67. The lowest BCUT2D eigenvalue weighted by Gasteiger charge is -2.39. The van der Waals surface area contributed by atoms with Gasteiger partial charge in [0.15, 0.2) is 0 Å². The maximum atomic E-state index is 13.4. The molecule has 0 spiro atoms. The predicted molar refractivity (Wildman–Crippen MR) is 117 cm³/mol. The van der Waals surface area contributed by atoms with Crippen LogP contribution in [-0.4, -0.2) is 51.1 Å². The molecule has 1 aromatic rings. The van der Waals surface area contributed by atoms with E-state index in [1.165, 1.54) is 6.07 Å². The van der Waals surface area contributed by atoms with E-state index in [-0.39, 0.29) is 44.2 Å². The average molecular weight is 580 g/mol. The monoisotopic (exact) mass is 580 g/mol. The molecule has 2 aliphatic carbocycles. The van der Waals surface area contributed by atoms with E-state index in [0.717, 1.165) is 16.8 Å². The van der Waals surface area contributed by atoms with E-state index in [2.05, 4.69) is 14.6 Å². The third-order valence-electron chi connectivity index (χ3n) is 6.50. The Bertz CT molecular complexity index is 1070. The number of ether oxygens (including phenoxy) is 2. The van der Waals surface area contributed by atoms with Crippen LogP contribution in [0.5, 0.6) is 0 Å². The number of rotatable bonds is 8. The number of hydrogen-bond donors (Lipinski definition) is 3. The van der Waals surface area contributed by atoms with Crippen molar-refractivity contribution in [1.82, 2.24) is 4.57 Å². The van der Waals surface area contributed by atoms with Crippen LogP contribution in [0.4, 0.5) is 32.0 Å². The first kappa shape index (κ1) is 30.6. The Morgan fingerprint density at radius 3 is 2.24 bits per heavy atom. The number of amides is 1. The maximum Gasteiger partial charge on any atom is 0.522 e. The molecule has 0 saturated heterocycles. The lowest BCUT2D eigenvalue weighted by Crippen LogP contribution is -2.45. The highest BCUT2D eigenvalue weighted by Crippen LogP contribution is 2.42. The van der Waals surface area contributed by atoms with Crippen LogP contribution in [0.3, 0.4) is 0 Å². The number of nitrogens with one attached hydrogen (secondary N) is 1. The van der Waals surface area contributed by atoms with Gasteiger partial charge in [0.2, 0.25) is 5.91 Å². The van der Waals surface area contributed by atoms with Gasteiger partial charge in [-0.1, -0.05) is 0 Å². The Morgan fingerprint density at radius 2 is 1.68 bits per heavy atom. The number of phosphoric ester groups is 1. The van der Waals surface area contributed by atoms with Gasteiger partial charge in [-0.15, -0.1) is 13.2 Å². The number of phosphoric acid groups is 1. The summed E-state index contributed by atoms with van der Waals surface area (Å²) in [5.41, 5.74) is -0.871. The van der Waals surface area contributed by atoms with Gasteiger partial charge >= 0.3 is 20.4 Å². The van der Waals surface area contributed by atoms with E-state index >= 15 is 0 Å². The quantitative estimate of drug-likeness (QED) is 0.310. The van der Waals surface area contributed by atoms with Gasteiger partial charge in [0.25, 0.3) is 5.56 Å². The number of anilines is 1. The molecule has 2 fully saturated rings. The molecule has 3 unspecified atom stereocenters. The van der Waals surface area contributed by atoms with Crippen molar-refractivity contribution in [2.24, 2.45) is 11.8 Å². The molecule has 2 aliphatic rings. The molecule has 2 saturated carbocycles. The second-order valence-electron chi connectivity index (χ2n) is 9.26. The maximum absolute atomic E-state index is 13.4. The summed E-state index contributed by atoms with van der Waals surface area (Å²) >= 11 is 0. The molecule has 0 radical (unpaired) electrons. The molecule has 0 bridgehead atoms. The molecule has 0 aromatic carbocycles. The van der Waals surface area contributed by atoms with Crippen molar-refractivity contribution in [3.8, 4) is 0 Å². The van der Waals surface area contributed by atoms with Gasteiger partial charge in [-0.3, -0.25) is 23.4 Å². The van der Waals surface area contributed by atoms with E-state index in [4.69, 9.17) is 14.5 Å². The van der Waals surface area contributed by atoms with Crippen LogP contribution in [0.2, 0.25) is 0 Å². The molecule has 10 nitrogen and oxygen atoms in total. The number of hydrogen-bond acceptors (Lipinski definition) is 6. The van der Waals surface area contributed by atoms with Crippen molar-refractivity contribution in [1.29, 1.82) is 0 Å². The number of nitrogens with zero attached hydrogens (tertiary/aromatic N) is 1. The number of carbonyl (C=O) groups is 1. The molecule has 3 atom stereocenters. The van der Waals surface area contributed by atoms with Gasteiger partial charge in [0, 0.05) is 18.0 Å². The van der Waals surface area contributed by atoms with E-state index in [9.17, 15) is 40.5 Å². The minimum Gasteiger partial charge on any atom is -0.374 e. The number of alkyl halides is 6. The summed E-state index contributed by atoms with van der Waals surface area (Å²) in [4.78, 5) is 42.7. The summed E-state index contributed by atoms with van der Waals surface area (Å²) < 4.78 is 103. The van der Waals surface area contributed by atoms with Crippen LogP contribution in [0.15, 0.2) is 23.1 Å². The highest BCUT2D eigenvalue weighted by molar-refractivity contribution is 7.46. The average Bonchev–Trinajstić information content (AvgIpc) is 2.77. The summed E-state index contributed by atoms with van der Waals surface area (Å²) in [6.45, 7) is -0.778. The molecule has 1 aromatic heterocycles. The van der Waals surface area contributed by atoms with Crippen LogP contribution in [0.1, 0.15) is 44.9 Å². The van der Waals surface area contributed by atoms with Crippen molar-refractivity contribution < 1.29 is 59.5 Å².